The molecule has 30 heavy (non-hydrogen) atoms. The number of para-hydroxylation sites is 1. The summed E-state index contributed by atoms with van der Waals surface area (Å²) in [5.41, 5.74) is 2.03. The second-order valence-electron chi connectivity index (χ2n) is 6.88. The van der Waals surface area contributed by atoms with Gasteiger partial charge >= 0.3 is 11.9 Å². The number of rotatable bonds is 8. The predicted octanol–water partition coefficient (Wildman–Crippen LogP) is 3.72. The first-order valence-corrected chi connectivity index (χ1v) is 9.46. The maximum atomic E-state index is 12.6. The lowest BCUT2D eigenvalue weighted by Crippen LogP contribution is -2.29. The van der Waals surface area contributed by atoms with Gasteiger partial charge in [0.2, 0.25) is 0 Å². The third kappa shape index (κ3) is 4.97. The smallest absolute Gasteiger partial charge is 0.320 e. The van der Waals surface area contributed by atoms with E-state index in [1.54, 1.807) is 0 Å². The first kappa shape index (κ1) is 20.9. The molecule has 0 saturated heterocycles. The van der Waals surface area contributed by atoms with Crippen LogP contribution in [0.5, 0.6) is 11.5 Å². The van der Waals surface area contributed by atoms with Crippen LogP contribution in [-0.4, -0.2) is 33.9 Å². The third-order valence-electron chi connectivity index (χ3n) is 4.90. The van der Waals surface area contributed by atoms with Crippen LogP contribution in [0, 0.1) is 5.92 Å². The molecule has 0 aromatic heterocycles. The van der Waals surface area contributed by atoms with Crippen molar-refractivity contribution in [1.82, 2.24) is 0 Å². The lowest BCUT2D eigenvalue weighted by molar-refractivity contribution is -0.158. The number of phenols is 2. The van der Waals surface area contributed by atoms with Crippen molar-refractivity contribution in [2.24, 2.45) is 5.92 Å². The summed E-state index contributed by atoms with van der Waals surface area (Å²) in [6.45, 7) is -0.0251. The number of carboxylic acid groups (broad SMARTS) is 1. The van der Waals surface area contributed by atoms with Gasteiger partial charge in [-0.25, -0.2) is 0 Å². The van der Waals surface area contributed by atoms with E-state index in [0.29, 0.717) is 0 Å². The standard InChI is InChI=1S/C24H22O6/c25-21-13-7-12-18(22(21)26)14-19(23(27)28)24(29)30-15-20(16-8-3-1-4-9-16)17-10-5-2-6-11-17/h1-13,19-20,25-26H,14-15H2,(H,27,28). The van der Waals surface area contributed by atoms with E-state index >= 15 is 0 Å². The van der Waals surface area contributed by atoms with Crippen LogP contribution in [0.2, 0.25) is 0 Å². The molecular formula is C24H22O6. The van der Waals surface area contributed by atoms with Crippen molar-refractivity contribution in [1.29, 1.82) is 0 Å². The molecular weight excluding hydrogens is 384 g/mol. The van der Waals surface area contributed by atoms with E-state index in [1.807, 2.05) is 60.7 Å². The summed E-state index contributed by atoms with van der Waals surface area (Å²) in [4.78, 5) is 24.3. The monoisotopic (exact) mass is 406 g/mol. The Kier molecular flexibility index (Phi) is 6.70. The summed E-state index contributed by atoms with van der Waals surface area (Å²) in [6, 6.07) is 23.2. The molecule has 3 aromatic rings. The SMILES string of the molecule is O=C(O)C(Cc1cccc(O)c1O)C(=O)OCC(c1ccccc1)c1ccccc1. The Morgan fingerprint density at radius 1 is 0.800 bits per heavy atom. The minimum Gasteiger partial charge on any atom is -0.504 e. The number of aromatic hydroxyl groups is 2. The third-order valence-corrected chi connectivity index (χ3v) is 4.90. The number of carbonyl (C=O) groups excluding carboxylic acids is 1. The van der Waals surface area contributed by atoms with Crippen LogP contribution in [0.25, 0.3) is 0 Å². The van der Waals surface area contributed by atoms with Gasteiger partial charge in [0.25, 0.3) is 0 Å². The second kappa shape index (κ2) is 9.60. The van der Waals surface area contributed by atoms with Gasteiger partial charge in [-0.2, -0.15) is 0 Å². The molecule has 0 fully saturated rings. The topological polar surface area (TPSA) is 104 Å². The molecule has 6 nitrogen and oxygen atoms in total. The van der Waals surface area contributed by atoms with Gasteiger partial charge in [0.15, 0.2) is 17.4 Å². The van der Waals surface area contributed by atoms with E-state index in [-0.39, 0.29) is 30.3 Å². The van der Waals surface area contributed by atoms with Crippen molar-refractivity contribution in [3.63, 3.8) is 0 Å². The molecule has 3 N–H and O–H groups in total. The van der Waals surface area contributed by atoms with Gasteiger partial charge in [-0.15, -0.1) is 0 Å². The van der Waals surface area contributed by atoms with Crippen LogP contribution in [0.15, 0.2) is 78.9 Å². The van der Waals surface area contributed by atoms with Crippen LogP contribution in [0.1, 0.15) is 22.6 Å². The molecule has 0 bridgehead atoms. The molecule has 0 aliphatic carbocycles. The van der Waals surface area contributed by atoms with E-state index in [9.17, 15) is 24.9 Å². The highest BCUT2D eigenvalue weighted by molar-refractivity contribution is 5.94. The van der Waals surface area contributed by atoms with Crippen LogP contribution < -0.4 is 0 Å². The number of ether oxygens (including phenoxy) is 1. The van der Waals surface area contributed by atoms with Gasteiger partial charge in [0.1, 0.15) is 6.61 Å². The van der Waals surface area contributed by atoms with Gasteiger partial charge in [-0.3, -0.25) is 9.59 Å². The average Bonchev–Trinajstić information content (AvgIpc) is 2.76. The van der Waals surface area contributed by atoms with E-state index in [2.05, 4.69) is 0 Å². The number of carbonyl (C=O) groups is 2. The number of phenolic OH excluding ortho intramolecular Hbond substituents is 2. The highest BCUT2D eigenvalue weighted by Gasteiger charge is 2.30. The van der Waals surface area contributed by atoms with Crippen molar-refractivity contribution >= 4 is 11.9 Å². The van der Waals surface area contributed by atoms with Gasteiger partial charge < -0.3 is 20.1 Å². The van der Waals surface area contributed by atoms with Crippen LogP contribution in [-0.2, 0) is 20.7 Å². The average molecular weight is 406 g/mol. The summed E-state index contributed by atoms with van der Waals surface area (Å²) in [5.74, 6) is -4.84. The zero-order chi connectivity index (χ0) is 21.5. The van der Waals surface area contributed by atoms with Crippen LogP contribution in [0.4, 0.5) is 0 Å². The molecule has 0 saturated carbocycles. The Hall–Kier alpha value is -3.80. The minimum absolute atomic E-state index is 0.0251. The van der Waals surface area contributed by atoms with E-state index in [4.69, 9.17) is 4.74 Å². The summed E-state index contributed by atoms with van der Waals surface area (Å²) in [5, 5.41) is 29.1. The van der Waals surface area contributed by atoms with E-state index in [1.165, 1.54) is 18.2 Å². The van der Waals surface area contributed by atoms with Gasteiger partial charge in [-0.05, 0) is 22.8 Å². The van der Waals surface area contributed by atoms with Crippen molar-refractivity contribution < 1.29 is 29.6 Å². The fourth-order valence-electron chi connectivity index (χ4n) is 3.26. The van der Waals surface area contributed by atoms with Gasteiger partial charge in [0.05, 0.1) is 0 Å². The van der Waals surface area contributed by atoms with Crippen LogP contribution in [0.3, 0.4) is 0 Å². The summed E-state index contributed by atoms with van der Waals surface area (Å²) >= 11 is 0. The molecule has 154 valence electrons. The summed E-state index contributed by atoms with van der Waals surface area (Å²) in [7, 11) is 0. The maximum Gasteiger partial charge on any atom is 0.320 e. The number of carboxylic acids is 1. The molecule has 0 heterocycles. The maximum absolute atomic E-state index is 12.6. The number of esters is 1. The fourth-order valence-corrected chi connectivity index (χ4v) is 3.26. The largest absolute Gasteiger partial charge is 0.504 e. The fraction of sp³-hybridized carbons (Fsp3) is 0.167. The van der Waals surface area contributed by atoms with E-state index in [0.717, 1.165) is 11.1 Å². The first-order valence-electron chi connectivity index (χ1n) is 9.46. The summed E-state index contributed by atoms with van der Waals surface area (Å²) < 4.78 is 5.41. The van der Waals surface area contributed by atoms with Crippen molar-refractivity contribution in [3.8, 4) is 11.5 Å². The molecule has 0 aliphatic rings. The Morgan fingerprint density at radius 2 is 1.37 bits per heavy atom. The second-order valence-corrected chi connectivity index (χ2v) is 6.88. The molecule has 0 amide bonds. The molecule has 0 radical (unpaired) electrons. The Labute approximate surface area is 174 Å². The molecule has 6 heteroatoms. The van der Waals surface area contributed by atoms with Crippen molar-refractivity contribution in [2.75, 3.05) is 6.61 Å². The quantitative estimate of drug-likeness (QED) is 0.299. The zero-order valence-corrected chi connectivity index (χ0v) is 16.1. The highest BCUT2D eigenvalue weighted by Crippen LogP contribution is 2.31. The Morgan fingerprint density at radius 3 is 1.90 bits per heavy atom. The molecule has 0 spiro atoms. The van der Waals surface area contributed by atoms with Gasteiger partial charge in [0, 0.05) is 12.3 Å². The number of aliphatic carboxylic acids is 1. The lowest BCUT2D eigenvalue weighted by atomic mass is 9.92. The number of hydrogen-bond donors (Lipinski definition) is 3. The van der Waals surface area contributed by atoms with Crippen molar-refractivity contribution in [3.05, 3.63) is 95.6 Å². The van der Waals surface area contributed by atoms with E-state index < -0.39 is 23.6 Å². The summed E-state index contributed by atoms with van der Waals surface area (Å²) in [6.07, 6.45) is -0.296. The molecule has 3 aromatic carbocycles. The molecule has 0 aliphatic heterocycles. The predicted molar refractivity (Wildman–Crippen MR) is 110 cm³/mol. The number of benzene rings is 3. The molecule has 1 atom stereocenters. The zero-order valence-electron chi connectivity index (χ0n) is 16.1. The highest BCUT2D eigenvalue weighted by atomic mass is 16.5. The molecule has 1 unspecified atom stereocenters. The number of hydrogen-bond acceptors (Lipinski definition) is 5. The van der Waals surface area contributed by atoms with Crippen LogP contribution >= 0.6 is 0 Å². The first-order chi connectivity index (χ1) is 14.5. The minimum atomic E-state index is -1.51. The molecule has 3 rings (SSSR count). The normalized spacial score (nSPS) is 11.8. The van der Waals surface area contributed by atoms with Gasteiger partial charge in [-0.1, -0.05) is 72.8 Å². The van der Waals surface area contributed by atoms with Crippen molar-refractivity contribution in [2.45, 2.75) is 12.3 Å². The Balaban J connectivity index is 1.77. The lowest BCUT2D eigenvalue weighted by Gasteiger charge is -2.20. The Bertz CT molecular complexity index is 961.